The summed E-state index contributed by atoms with van der Waals surface area (Å²) in [5.74, 6) is -2.42. The van der Waals surface area contributed by atoms with E-state index in [1.807, 2.05) is 6.92 Å². The lowest BCUT2D eigenvalue weighted by Crippen LogP contribution is -2.31. The summed E-state index contributed by atoms with van der Waals surface area (Å²) in [6.07, 6.45) is 6.26. The van der Waals surface area contributed by atoms with Crippen LogP contribution in [0.15, 0.2) is 49.1 Å². The third-order valence-electron chi connectivity index (χ3n) is 5.59. The van der Waals surface area contributed by atoms with Crippen molar-refractivity contribution in [3.05, 3.63) is 77.6 Å². The average Bonchev–Trinajstić information content (AvgIpc) is 3.21. The van der Waals surface area contributed by atoms with Gasteiger partial charge in [0.2, 0.25) is 16.0 Å². The van der Waals surface area contributed by atoms with E-state index in [9.17, 15) is 17.2 Å². The highest BCUT2D eigenvalue weighted by molar-refractivity contribution is 7.93. The Morgan fingerprint density at radius 3 is 2.23 bits per heavy atom. The lowest BCUT2D eigenvalue weighted by atomic mass is 10.1. The second-order valence-corrected chi connectivity index (χ2v) is 10.3. The summed E-state index contributed by atoms with van der Waals surface area (Å²) in [5, 5.41) is 6.94. The number of aromatic nitrogens is 6. The van der Waals surface area contributed by atoms with Crippen molar-refractivity contribution in [2.24, 2.45) is 0 Å². The molecule has 0 fully saturated rings. The van der Waals surface area contributed by atoms with Gasteiger partial charge in [0.25, 0.3) is 0 Å². The van der Waals surface area contributed by atoms with Crippen molar-refractivity contribution in [2.75, 3.05) is 4.72 Å². The number of hydrogen-bond acceptors (Lipinski definition) is 7. The van der Waals surface area contributed by atoms with Crippen molar-refractivity contribution in [3.8, 4) is 17.1 Å². The van der Waals surface area contributed by atoms with Crippen molar-refractivity contribution < 1.29 is 17.2 Å². The smallest absolute Gasteiger partial charge is 0.243 e. The number of nitrogens with zero attached hydrogens (tertiary/aromatic N) is 6. The molecule has 0 radical (unpaired) electrons. The highest BCUT2D eigenvalue weighted by Gasteiger charge is 2.32. The van der Waals surface area contributed by atoms with Crippen LogP contribution in [0, 0.1) is 25.5 Å². The first-order valence-electron chi connectivity index (χ1n) is 10.7. The Bertz CT molecular complexity index is 1450. The van der Waals surface area contributed by atoms with E-state index in [1.165, 1.54) is 19.2 Å². The van der Waals surface area contributed by atoms with Crippen LogP contribution in [0.25, 0.3) is 17.1 Å². The summed E-state index contributed by atoms with van der Waals surface area (Å²) in [6.45, 7) is 6.79. The van der Waals surface area contributed by atoms with E-state index in [2.05, 4.69) is 29.9 Å². The van der Waals surface area contributed by atoms with E-state index >= 15 is 0 Å². The van der Waals surface area contributed by atoms with Gasteiger partial charge in [-0.15, -0.1) is 10.2 Å². The van der Waals surface area contributed by atoms with Gasteiger partial charge in [-0.25, -0.2) is 27.2 Å². The molecule has 35 heavy (non-hydrogen) atoms. The van der Waals surface area contributed by atoms with Crippen LogP contribution in [0.2, 0.25) is 0 Å². The Hall–Kier alpha value is -3.80. The molecule has 1 aromatic carbocycles. The zero-order chi connectivity index (χ0) is 25.3. The molecule has 4 rings (SSSR count). The molecule has 182 valence electrons. The van der Waals surface area contributed by atoms with E-state index in [0.717, 1.165) is 27.8 Å². The molecular weight excluding hydrogens is 476 g/mol. The van der Waals surface area contributed by atoms with Gasteiger partial charge in [-0.2, -0.15) is 0 Å². The number of nitrogens with one attached hydrogen (secondary N) is 1. The molecule has 0 spiro atoms. The van der Waals surface area contributed by atoms with Crippen molar-refractivity contribution in [1.29, 1.82) is 0 Å². The van der Waals surface area contributed by atoms with Crippen LogP contribution in [0.4, 0.5) is 14.7 Å². The molecule has 0 aliphatic carbocycles. The summed E-state index contributed by atoms with van der Waals surface area (Å²) in [4.78, 5) is 12.5. The SMILES string of the molecule is Cc1cnc([C@H](C)[C@@H](C)S(=O)(=O)Nc2nnc(-c3cncc(C)c3)n2-c2c(F)cccc2F)nc1. The first-order chi connectivity index (χ1) is 16.6. The second-order valence-electron chi connectivity index (χ2n) is 8.26. The van der Waals surface area contributed by atoms with Crippen LogP contribution in [-0.4, -0.2) is 43.4 Å². The van der Waals surface area contributed by atoms with Gasteiger partial charge >= 0.3 is 0 Å². The van der Waals surface area contributed by atoms with Crippen LogP contribution < -0.4 is 4.72 Å². The molecule has 12 heteroatoms. The molecule has 0 bridgehead atoms. The number of para-hydroxylation sites is 1. The Morgan fingerprint density at radius 2 is 1.60 bits per heavy atom. The highest BCUT2D eigenvalue weighted by atomic mass is 32.2. The Labute approximate surface area is 201 Å². The number of anilines is 1. The normalized spacial score (nSPS) is 13.4. The molecule has 0 unspecified atom stereocenters. The summed E-state index contributed by atoms with van der Waals surface area (Å²) in [6, 6.07) is 5.04. The molecule has 3 aromatic heterocycles. The van der Waals surface area contributed by atoms with Crippen LogP contribution in [0.3, 0.4) is 0 Å². The van der Waals surface area contributed by atoms with Gasteiger partial charge in [0.15, 0.2) is 5.82 Å². The fourth-order valence-electron chi connectivity index (χ4n) is 3.47. The molecule has 9 nitrogen and oxygen atoms in total. The lowest BCUT2D eigenvalue weighted by Gasteiger charge is -2.20. The second kappa shape index (κ2) is 9.45. The number of sulfonamides is 1. The molecule has 0 saturated heterocycles. The minimum absolute atomic E-state index is 0.0190. The van der Waals surface area contributed by atoms with E-state index in [-0.39, 0.29) is 11.8 Å². The van der Waals surface area contributed by atoms with Gasteiger partial charge in [-0.3, -0.25) is 14.3 Å². The van der Waals surface area contributed by atoms with E-state index in [0.29, 0.717) is 11.4 Å². The van der Waals surface area contributed by atoms with E-state index < -0.39 is 38.5 Å². The standard InChI is InChI=1S/C23H23F2N7O2S/c1-13-8-17(12-26-9-13)22-29-30-23(32(22)20-18(24)6-5-7-19(20)25)31-35(33,34)16(4)15(3)21-27-10-14(2)11-28-21/h5-12,15-16H,1-4H3,(H,30,31)/t15-,16-/m1/s1. The molecule has 4 aromatic rings. The van der Waals surface area contributed by atoms with Crippen LogP contribution in [0.5, 0.6) is 0 Å². The maximum atomic E-state index is 14.8. The first-order valence-corrected chi connectivity index (χ1v) is 12.2. The monoisotopic (exact) mass is 499 g/mol. The summed E-state index contributed by atoms with van der Waals surface area (Å²) < 4.78 is 59.6. The molecular formula is C23H23F2N7O2S. The molecule has 2 atom stereocenters. The number of hydrogen-bond donors (Lipinski definition) is 1. The average molecular weight is 500 g/mol. The van der Waals surface area contributed by atoms with E-state index in [1.54, 1.807) is 38.5 Å². The van der Waals surface area contributed by atoms with Crippen LogP contribution in [-0.2, 0) is 10.0 Å². The van der Waals surface area contributed by atoms with Gasteiger partial charge in [-0.1, -0.05) is 13.0 Å². The number of pyridine rings is 1. The molecule has 0 aliphatic heterocycles. The third-order valence-corrected chi connectivity index (χ3v) is 7.45. The predicted octanol–water partition coefficient (Wildman–Crippen LogP) is 3.95. The van der Waals surface area contributed by atoms with Crippen molar-refractivity contribution in [3.63, 3.8) is 0 Å². The molecule has 0 amide bonds. The molecule has 0 saturated carbocycles. The Kier molecular flexibility index (Phi) is 6.57. The minimum atomic E-state index is -4.12. The Morgan fingerprint density at radius 1 is 0.943 bits per heavy atom. The third kappa shape index (κ3) is 4.87. The van der Waals surface area contributed by atoms with Crippen molar-refractivity contribution in [1.82, 2.24) is 29.7 Å². The largest absolute Gasteiger partial charge is 0.264 e. The lowest BCUT2D eigenvalue weighted by molar-refractivity contribution is 0.564. The summed E-state index contributed by atoms with van der Waals surface area (Å²) in [7, 11) is -4.12. The summed E-state index contributed by atoms with van der Waals surface area (Å²) in [5.41, 5.74) is 1.50. The first kappa shape index (κ1) is 24.3. The van der Waals surface area contributed by atoms with Gasteiger partial charge in [0.05, 0.1) is 5.25 Å². The molecule has 1 N–H and O–H groups in total. The predicted molar refractivity (Wildman–Crippen MR) is 126 cm³/mol. The number of aryl methyl sites for hydroxylation is 2. The highest BCUT2D eigenvalue weighted by Crippen LogP contribution is 2.30. The zero-order valence-electron chi connectivity index (χ0n) is 19.4. The van der Waals surface area contributed by atoms with Crippen LogP contribution in [0.1, 0.15) is 36.7 Å². The van der Waals surface area contributed by atoms with Crippen molar-refractivity contribution in [2.45, 2.75) is 38.9 Å². The van der Waals surface area contributed by atoms with E-state index in [4.69, 9.17) is 0 Å². The number of halogens is 2. The quantitative estimate of drug-likeness (QED) is 0.409. The number of rotatable bonds is 7. The fraction of sp³-hybridized carbons (Fsp3) is 0.261. The maximum absolute atomic E-state index is 14.8. The Balaban J connectivity index is 1.79. The topological polar surface area (TPSA) is 116 Å². The minimum Gasteiger partial charge on any atom is -0.264 e. The molecule has 0 aliphatic rings. The number of benzene rings is 1. The summed E-state index contributed by atoms with van der Waals surface area (Å²) >= 11 is 0. The van der Waals surface area contributed by atoms with Gasteiger partial charge in [-0.05, 0) is 50.1 Å². The maximum Gasteiger partial charge on any atom is 0.243 e. The van der Waals surface area contributed by atoms with Crippen molar-refractivity contribution >= 4 is 16.0 Å². The van der Waals surface area contributed by atoms with Gasteiger partial charge in [0.1, 0.15) is 23.1 Å². The van der Waals surface area contributed by atoms with Crippen LogP contribution >= 0.6 is 0 Å². The molecule has 3 heterocycles. The zero-order valence-corrected chi connectivity index (χ0v) is 20.3. The fourth-order valence-corrected chi connectivity index (χ4v) is 4.70. The van der Waals surface area contributed by atoms with Gasteiger partial charge in [0, 0.05) is 36.3 Å². The van der Waals surface area contributed by atoms with Gasteiger partial charge < -0.3 is 0 Å².